The molecule has 3 nitrogen and oxygen atoms in total. The van der Waals surface area contributed by atoms with Gasteiger partial charge in [-0.05, 0) is 55.8 Å². The van der Waals surface area contributed by atoms with E-state index in [9.17, 15) is 0 Å². The number of hydrogen-bond donors (Lipinski definition) is 1. The van der Waals surface area contributed by atoms with Gasteiger partial charge in [0.05, 0.1) is 18.8 Å². The SMILES string of the molecule is CNC(Cc1cc(OC)ccc1Br)c1ncccc1C. The summed E-state index contributed by atoms with van der Waals surface area (Å²) in [5.41, 5.74) is 3.49. The van der Waals surface area contributed by atoms with Gasteiger partial charge in [-0.1, -0.05) is 22.0 Å². The fraction of sp³-hybridized carbons (Fsp3) is 0.312. The molecule has 0 saturated heterocycles. The van der Waals surface area contributed by atoms with Crippen LogP contribution in [-0.2, 0) is 6.42 Å². The highest BCUT2D eigenvalue weighted by Gasteiger charge is 2.15. The van der Waals surface area contributed by atoms with Gasteiger partial charge in [0.25, 0.3) is 0 Å². The largest absolute Gasteiger partial charge is 0.497 e. The molecular formula is C16H19BrN2O. The predicted molar refractivity (Wildman–Crippen MR) is 85.2 cm³/mol. The normalized spacial score (nSPS) is 12.2. The van der Waals surface area contributed by atoms with Gasteiger partial charge in [0.15, 0.2) is 0 Å². The van der Waals surface area contributed by atoms with Gasteiger partial charge in [-0.2, -0.15) is 0 Å². The van der Waals surface area contributed by atoms with Crippen molar-refractivity contribution in [2.75, 3.05) is 14.2 Å². The molecule has 2 aromatic rings. The number of methoxy groups -OCH3 is 1. The lowest BCUT2D eigenvalue weighted by Gasteiger charge is -2.19. The molecule has 1 heterocycles. The minimum Gasteiger partial charge on any atom is -0.497 e. The first-order chi connectivity index (χ1) is 9.65. The van der Waals surface area contributed by atoms with E-state index in [-0.39, 0.29) is 6.04 Å². The molecule has 0 spiro atoms. The lowest BCUT2D eigenvalue weighted by molar-refractivity contribution is 0.413. The van der Waals surface area contributed by atoms with Crippen molar-refractivity contribution < 1.29 is 4.74 Å². The number of hydrogen-bond acceptors (Lipinski definition) is 3. The third-order valence-corrected chi connectivity index (χ3v) is 4.18. The molecule has 0 radical (unpaired) electrons. The summed E-state index contributed by atoms with van der Waals surface area (Å²) < 4.78 is 6.39. The summed E-state index contributed by atoms with van der Waals surface area (Å²) in [4.78, 5) is 4.51. The number of likely N-dealkylation sites (N-methyl/N-ethyl adjacent to an activating group) is 1. The van der Waals surface area contributed by atoms with Gasteiger partial charge in [-0.25, -0.2) is 0 Å². The second-order valence-corrected chi connectivity index (χ2v) is 5.56. The number of ether oxygens (including phenoxy) is 1. The van der Waals surface area contributed by atoms with E-state index in [1.54, 1.807) is 7.11 Å². The Hall–Kier alpha value is -1.39. The molecule has 20 heavy (non-hydrogen) atoms. The Morgan fingerprint density at radius 1 is 1.35 bits per heavy atom. The Balaban J connectivity index is 2.29. The second-order valence-electron chi connectivity index (χ2n) is 4.71. The number of rotatable bonds is 5. The minimum absolute atomic E-state index is 0.180. The molecule has 1 atom stereocenters. The lowest BCUT2D eigenvalue weighted by Crippen LogP contribution is -2.21. The molecule has 106 valence electrons. The van der Waals surface area contributed by atoms with E-state index in [1.807, 2.05) is 31.4 Å². The number of nitrogens with one attached hydrogen (secondary N) is 1. The fourth-order valence-corrected chi connectivity index (χ4v) is 2.66. The predicted octanol–water partition coefficient (Wildman–Crippen LogP) is 3.66. The Labute approximate surface area is 128 Å². The Morgan fingerprint density at radius 3 is 2.80 bits per heavy atom. The average molecular weight is 335 g/mol. The van der Waals surface area contributed by atoms with Crippen LogP contribution in [0.1, 0.15) is 22.9 Å². The van der Waals surface area contributed by atoms with Gasteiger partial charge in [-0.15, -0.1) is 0 Å². The molecule has 0 saturated carbocycles. The summed E-state index contributed by atoms with van der Waals surface area (Å²) in [5.74, 6) is 0.871. The molecule has 0 bridgehead atoms. The smallest absolute Gasteiger partial charge is 0.119 e. The summed E-state index contributed by atoms with van der Waals surface area (Å²) in [5, 5.41) is 3.35. The molecule has 4 heteroatoms. The van der Waals surface area contributed by atoms with Crippen LogP contribution in [0.3, 0.4) is 0 Å². The zero-order valence-corrected chi connectivity index (χ0v) is 13.6. The monoisotopic (exact) mass is 334 g/mol. The summed E-state index contributed by atoms with van der Waals surface area (Å²) in [6.07, 6.45) is 2.69. The highest BCUT2D eigenvalue weighted by Crippen LogP contribution is 2.27. The van der Waals surface area contributed by atoms with Crippen molar-refractivity contribution in [1.82, 2.24) is 10.3 Å². The second kappa shape index (κ2) is 6.86. The van der Waals surface area contributed by atoms with Crippen LogP contribution < -0.4 is 10.1 Å². The molecule has 0 fully saturated rings. The molecule has 1 aromatic carbocycles. The van der Waals surface area contributed by atoms with Gasteiger partial charge in [-0.3, -0.25) is 4.98 Å². The number of aromatic nitrogens is 1. The number of aryl methyl sites for hydroxylation is 1. The van der Waals surface area contributed by atoms with Crippen molar-refractivity contribution in [3.8, 4) is 5.75 Å². The van der Waals surface area contributed by atoms with Crippen molar-refractivity contribution in [2.45, 2.75) is 19.4 Å². The van der Waals surface area contributed by atoms with Crippen molar-refractivity contribution in [3.05, 3.63) is 57.8 Å². The van der Waals surface area contributed by atoms with E-state index in [1.165, 1.54) is 11.1 Å². The zero-order chi connectivity index (χ0) is 14.5. The third-order valence-electron chi connectivity index (χ3n) is 3.41. The van der Waals surface area contributed by atoms with Gasteiger partial charge in [0.1, 0.15) is 5.75 Å². The maximum absolute atomic E-state index is 5.30. The quantitative estimate of drug-likeness (QED) is 0.905. The Kier molecular flexibility index (Phi) is 5.15. The molecule has 0 aliphatic heterocycles. The average Bonchev–Trinajstić information content (AvgIpc) is 2.47. The topological polar surface area (TPSA) is 34.1 Å². The van der Waals surface area contributed by atoms with E-state index < -0.39 is 0 Å². The Bertz CT molecular complexity index is 586. The summed E-state index contributed by atoms with van der Waals surface area (Å²) >= 11 is 3.60. The highest BCUT2D eigenvalue weighted by atomic mass is 79.9. The fourth-order valence-electron chi connectivity index (χ4n) is 2.25. The first kappa shape index (κ1) is 15.0. The Morgan fingerprint density at radius 2 is 2.15 bits per heavy atom. The van der Waals surface area contributed by atoms with Gasteiger partial charge >= 0.3 is 0 Å². The molecule has 0 aliphatic carbocycles. The van der Waals surface area contributed by atoms with E-state index in [0.29, 0.717) is 0 Å². The summed E-state index contributed by atoms with van der Waals surface area (Å²) in [6, 6.07) is 10.3. The first-order valence-electron chi connectivity index (χ1n) is 6.57. The summed E-state index contributed by atoms with van der Waals surface area (Å²) in [6.45, 7) is 2.09. The van der Waals surface area contributed by atoms with E-state index in [2.05, 4.69) is 45.3 Å². The summed E-state index contributed by atoms with van der Waals surface area (Å²) in [7, 11) is 3.65. The maximum atomic E-state index is 5.30. The maximum Gasteiger partial charge on any atom is 0.119 e. The number of nitrogens with zero attached hydrogens (tertiary/aromatic N) is 1. The molecule has 1 N–H and O–H groups in total. The molecule has 1 unspecified atom stereocenters. The van der Waals surface area contributed by atoms with E-state index in [0.717, 1.165) is 22.3 Å². The molecule has 2 rings (SSSR count). The van der Waals surface area contributed by atoms with Crippen LogP contribution in [0, 0.1) is 6.92 Å². The van der Waals surface area contributed by atoms with Gasteiger partial charge in [0, 0.05) is 10.7 Å². The van der Waals surface area contributed by atoms with Crippen LogP contribution in [0.25, 0.3) is 0 Å². The number of pyridine rings is 1. The third kappa shape index (κ3) is 3.38. The van der Waals surface area contributed by atoms with Crippen molar-refractivity contribution in [1.29, 1.82) is 0 Å². The van der Waals surface area contributed by atoms with E-state index >= 15 is 0 Å². The van der Waals surface area contributed by atoms with Crippen molar-refractivity contribution in [3.63, 3.8) is 0 Å². The van der Waals surface area contributed by atoms with Gasteiger partial charge < -0.3 is 10.1 Å². The van der Waals surface area contributed by atoms with Crippen molar-refractivity contribution in [2.24, 2.45) is 0 Å². The molecular weight excluding hydrogens is 316 g/mol. The van der Waals surface area contributed by atoms with Crippen LogP contribution in [0.15, 0.2) is 41.0 Å². The minimum atomic E-state index is 0.180. The highest BCUT2D eigenvalue weighted by molar-refractivity contribution is 9.10. The molecule has 0 aliphatic rings. The standard InChI is InChI=1S/C16H19BrN2O/c1-11-5-4-8-19-16(11)15(18-2)10-12-9-13(20-3)6-7-14(12)17/h4-9,15,18H,10H2,1-3H3. The first-order valence-corrected chi connectivity index (χ1v) is 7.36. The van der Waals surface area contributed by atoms with Crippen LogP contribution in [-0.4, -0.2) is 19.1 Å². The van der Waals surface area contributed by atoms with Crippen LogP contribution in [0.4, 0.5) is 0 Å². The molecule has 1 aromatic heterocycles. The van der Waals surface area contributed by atoms with Crippen LogP contribution in [0.5, 0.6) is 5.75 Å². The lowest BCUT2D eigenvalue weighted by atomic mass is 10.00. The van der Waals surface area contributed by atoms with Crippen LogP contribution in [0.2, 0.25) is 0 Å². The number of benzene rings is 1. The molecule has 0 amide bonds. The van der Waals surface area contributed by atoms with Crippen LogP contribution >= 0.6 is 15.9 Å². The zero-order valence-electron chi connectivity index (χ0n) is 12.0. The van der Waals surface area contributed by atoms with Gasteiger partial charge in [0.2, 0.25) is 0 Å². The van der Waals surface area contributed by atoms with E-state index in [4.69, 9.17) is 4.74 Å². The number of halogens is 1. The van der Waals surface area contributed by atoms with Crippen molar-refractivity contribution >= 4 is 15.9 Å².